The summed E-state index contributed by atoms with van der Waals surface area (Å²) >= 11 is 0. The molecule has 10 heteroatoms. The van der Waals surface area contributed by atoms with E-state index in [1.165, 1.54) is 83.5 Å². The molecule has 0 amide bonds. The fourth-order valence-corrected chi connectivity index (χ4v) is 8.17. The molecule has 0 saturated carbocycles. The van der Waals surface area contributed by atoms with E-state index in [0.717, 1.165) is 96.3 Å². The van der Waals surface area contributed by atoms with Gasteiger partial charge >= 0.3 is 11.9 Å². The van der Waals surface area contributed by atoms with Crippen LogP contribution in [0.15, 0.2) is 109 Å². The standard InChI is InChI=1S/C62H106NO8P/c1-6-8-10-12-14-16-18-20-21-22-23-24-25-26-27-28-29-30-31-32-33-34-35-36-37-38-39-40-41-43-45-47-49-51-53-55-62(65)71-60(59-70-72(66,67)69-57-56-63(3,4)5)58-68-61(64)54-52-50-48-46-44-42-19-17-15-13-11-9-7-2/h8-11,14-17,20-21,23-24,26-27,29-30,42,44,60H,6-7,12-13,18-19,22,25,28,31-41,43,45-59H2,1-5H3/b10-8-,11-9-,16-14-,17-15-,21-20-,24-23-,27-26-,30-29-,44-42-. The highest BCUT2D eigenvalue weighted by molar-refractivity contribution is 7.45. The van der Waals surface area contributed by atoms with Crippen LogP contribution in [0.1, 0.15) is 219 Å². The van der Waals surface area contributed by atoms with Crippen molar-refractivity contribution in [2.75, 3.05) is 47.5 Å². The molecular formula is C62H106NO8P. The molecule has 0 aliphatic rings. The van der Waals surface area contributed by atoms with E-state index >= 15 is 0 Å². The summed E-state index contributed by atoms with van der Waals surface area (Å²) < 4.78 is 34.0. The lowest BCUT2D eigenvalue weighted by atomic mass is 10.0. The molecule has 412 valence electrons. The van der Waals surface area contributed by atoms with Crippen molar-refractivity contribution in [1.82, 2.24) is 0 Å². The Balaban J connectivity index is 4.05. The lowest BCUT2D eigenvalue weighted by molar-refractivity contribution is -0.870. The quantitative estimate of drug-likeness (QED) is 0.0195. The van der Waals surface area contributed by atoms with Gasteiger partial charge in [-0.15, -0.1) is 0 Å². The third-order valence-corrected chi connectivity index (χ3v) is 12.8. The highest BCUT2D eigenvalue weighted by Gasteiger charge is 2.21. The van der Waals surface area contributed by atoms with Crippen molar-refractivity contribution in [3.8, 4) is 0 Å². The predicted molar refractivity (Wildman–Crippen MR) is 305 cm³/mol. The summed E-state index contributed by atoms with van der Waals surface area (Å²) in [5.74, 6) is -0.872. The fourth-order valence-electron chi connectivity index (χ4n) is 7.44. The van der Waals surface area contributed by atoms with Gasteiger partial charge in [0.05, 0.1) is 27.7 Å². The summed E-state index contributed by atoms with van der Waals surface area (Å²) in [6.45, 7) is 3.96. The van der Waals surface area contributed by atoms with Crippen LogP contribution in [-0.4, -0.2) is 70.0 Å². The van der Waals surface area contributed by atoms with Crippen molar-refractivity contribution >= 4 is 19.8 Å². The van der Waals surface area contributed by atoms with Gasteiger partial charge in [-0.05, 0) is 96.3 Å². The van der Waals surface area contributed by atoms with Gasteiger partial charge in [0.15, 0.2) is 6.10 Å². The van der Waals surface area contributed by atoms with E-state index < -0.39 is 32.5 Å². The van der Waals surface area contributed by atoms with Gasteiger partial charge in [-0.2, -0.15) is 0 Å². The van der Waals surface area contributed by atoms with Gasteiger partial charge in [0.2, 0.25) is 0 Å². The summed E-state index contributed by atoms with van der Waals surface area (Å²) in [5, 5.41) is 0. The van der Waals surface area contributed by atoms with E-state index in [1.807, 2.05) is 21.1 Å². The average Bonchev–Trinajstić information content (AvgIpc) is 3.34. The fraction of sp³-hybridized carbons (Fsp3) is 0.677. The summed E-state index contributed by atoms with van der Waals surface area (Å²) in [5.41, 5.74) is 0. The average molecular weight is 1020 g/mol. The van der Waals surface area contributed by atoms with E-state index in [9.17, 15) is 19.0 Å². The van der Waals surface area contributed by atoms with Crippen molar-refractivity contribution in [2.45, 2.75) is 225 Å². The first-order valence-corrected chi connectivity index (χ1v) is 30.1. The second-order valence-electron chi connectivity index (χ2n) is 19.9. The van der Waals surface area contributed by atoms with Crippen LogP contribution in [0.3, 0.4) is 0 Å². The first-order valence-electron chi connectivity index (χ1n) is 28.6. The zero-order chi connectivity index (χ0) is 52.7. The van der Waals surface area contributed by atoms with Gasteiger partial charge < -0.3 is 27.9 Å². The molecule has 0 aliphatic heterocycles. The zero-order valence-electron chi connectivity index (χ0n) is 46.6. The van der Waals surface area contributed by atoms with Crippen LogP contribution in [0.2, 0.25) is 0 Å². The summed E-state index contributed by atoms with van der Waals surface area (Å²) in [6.07, 6.45) is 73.0. The highest BCUT2D eigenvalue weighted by atomic mass is 31.2. The van der Waals surface area contributed by atoms with Gasteiger partial charge in [-0.25, -0.2) is 0 Å². The number of nitrogens with zero attached hydrogens (tertiary/aromatic N) is 1. The molecule has 2 atom stereocenters. The van der Waals surface area contributed by atoms with Crippen LogP contribution in [0.4, 0.5) is 0 Å². The van der Waals surface area contributed by atoms with Gasteiger partial charge in [-0.3, -0.25) is 14.2 Å². The van der Waals surface area contributed by atoms with E-state index in [0.29, 0.717) is 23.9 Å². The lowest BCUT2D eigenvalue weighted by Crippen LogP contribution is -2.37. The van der Waals surface area contributed by atoms with Gasteiger partial charge in [-0.1, -0.05) is 220 Å². The topological polar surface area (TPSA) is 111 Å². The predicted octanol–water partition coefficient (Wildman–Crippen LogP) is 17.2. The molecule has 72 heavy (non-hydrogen) atoms. The van der Waals surface area contributed by atoms with Crippen molar-refractivity contribution in [2.24, 2.45) is 0 Å². The van der Waals surface area contributed by atoms with E-state index in [1.54, 1.807) is 0 Å². The maximum atomic E-state index is 12.8. The Labute approximate surface area is 442 Å². The zero-order valence-corrected chi connectivity index (χ0v) is 47.5. The molecule has 0 aromatic heterocycles. The molecule has 0 aromatic rings. The number of phosphoric acid groups is 1. The van der Waals surface area contributed by atoms with Crippen LogP contribution >= 0.6 is 7.82 Å². The highest BCUT2D eigenvalue weighted by Crippen LogP contribution is 2.38. The number of rotatable bonds is 51. The number of quaternary nitrogens is 1. The molecule has 0 rings (SSSR count). The van der Waals surface area contributed by atoms with Crippen LogP contribution in [0.25, 0.3) is 0 Å². The van der Waals surface area contributed by atoms with Crippen LogP contribution in [0.5, 0.6) is 0 Å². The van der Waals surface area contributed by atoms with Gasteiger partial charge in [0.1, 0.15) is 19.8 Å². The Hall–Kier alpha value is -3.33. The van der Waals surface area contributed by atoms with Crippen LogP contribution < -0.4 is 4.89 Å². The van der Waals surface area contributed by atoms with E-state index in [4.69, 9.17) is 18.5 Å². The van der Waals surface area contributed by atoms with Crippen molar-refractivity contribution in [3.63, 3.8) is 0 Å². The van der Waals surface area contributed by atoms with Crippen molar-refractivity contribution in [1.29, 1.82) is 0 Å². The minimum absolute atomic E-state index is 0.0397. The first kappa shape index (κ1) is 68.7. The SMILES string of the molecule is CC/C=C\C/C=C\C/C=C\C/C=C\C/C=C\C/C=C\CCCCCCCCCCCCCCCCCCC(=O)OC(COC(=O)CCCCC/C=C\C/C=C\C/C=C\CC)COP(=O)([O-])OCC[N+](C)(C)C. The molecule has 0 bridgehead atoms. The number of unbranched alkanes of at least 4 members (excludes halogenated alkanes) is 19. The number of ether oxygens (including phenoxy) is 2. The monoisotopic (exact) mass is 1020 g/mol. The number of carbonyl (C=O) groups is 2. The molecule has 0 aliphatic carbocycles. The number of hydrogen-bond acceptors (Lipinski definition) is 8. The smallest absolute Gasteiger partial charge is 0.306 e. The largest absolute Gasteiger partial charge is 0.756 e. The van der Waals surface area contributed by atoms with E-state index in [2.05, 4.69) is 123 Å². The molecule has 0 saturated heterocycles. The Kier molecular flexibility index (Phi) is 50.1. The minimum atomic E-state index is -4.64. The molecular weight excluding hydrogens is 918 g/mol. The van der Waals surface area contributed by atoms with Crippen LogP contribution in [-0.2, 0) is 32.7 Å². The normalized spacial score (nSPS) is 14.1. The minimum Gasteiger partial charge on any atom is -0.756 e. The Bertz CT molecular complexity index is 1580. The number of esters is 2. The summed E-state index contributed by atoms with van der Waals surface area (Å²) in [6, 6.07) is 0. The van der Waals surface area contributed by atoms with Crippen molar-refractivity contribution < 1.29 is 42.1 Å². The number of carbonyl (C=O) groups excluding carboxylic acids is 2. The van der Waals surface area contributed by atoms with Crippen LogP contribution in [0, 0.1) is 0 Å². The second kappa shape index (κ2) is 52.5. The lowest BCUT2D eigenvalue weighted by Gasteiger charge is -2.28. The Morgan fingerprint density at radius 3 is 1.12 bits per heavy atom. The van der Waals surface area contributed by atoms with Crippen molar-refractivity contribution in [3.05, 3.63) is 109 Å². The maximum Gasteiger partial charge on any atom is 0.306 e. The third kappa shape index (κ3) is 56.0. The van der Waals surface area contributed by atoms with E-state index in [-0.39, 0.29) is 26.1 Å². The number of allylic oxidation sites excluding steroid dienone is 18. The summed E-state index contributed by atoms with van der Waals surface area (Å²) in [7, 11) is 1.14. The molecule has 2 unspecified atom stereocenters. The number of likely N-dealkylation sites (N-methyl/N-ethyl adjacent to an activating group) is 1. The second-order valence-corrected chi connectivity index (χ2v) is 21.3. The molecule has 0 aromatic carbocycles. The summed E-state index contributed by atoms with van der Waals surface area (Å²) in [4.78, 5) is 37.7. The molecule has 0 N–H and O–H groups in total. The molecule has 0 radical (unpaired) electrons. The Morgan fingerprint density at radius 2 is 0.750 bits per heavy atom. The number of hydrogen-bond donors (Lipinski definition) is 0. The Morgan fingerprint density at radius 1 is 0.431 bits per heavy atom. The maximum absolute atomic E-state index is 12.8. The first-order chi connectivity index (χ1) is 35.0. The molecule has 9 nitrogen and oxygen atoms in total. The molecule has 0 spiro atoms. The van der Waals surface area contributed by atoms with Gasteiger partial charge in [0, 0.05) is 12.8 Å². The third-order valence-electron chi connectivity index (χ3n) is 11.8. The molecule has 0 heterocycles. The number of phosphoric ester groups is 1. The van der Waals surface area contributed by atoms with Gasteiger partial charge in [0.25, 0.3) is 7.82 Å². The molecule has 0 fully saturated rings.